The topological polar surface area (TPSA) is 86.9 Å². The Morgan fingerprint density at radius 1 is 1.35 bits per heavy atom. The second-order valence-electron chi connectivity index (χ2n) is 7.78. The molecule has 2 unspecified atom stereocenters. The number of imidazole rings is 1. The smallest absolute Gasteiger partial charge is 0.407 e. The third-order valence-electron chi connectivity index (χ3n) is 4.83. The number of likely N-dealkylation sites (tertiary alicyclic amines) is 1. The molecule has 0 aromatic carbocycles. The zero-order valence-electron chi connectivity index (χ0n) is 15.1. The van der Waals surface area contributed by atoms with Crippen molar-refractivity contribution in [2.45, 2.75) is 33.2 Å². The molecule has 8 heteroatoms. The average Bonchev–Trinajstić information content (AvgIpc) is 3.15. The van der Waals surface area contributed by atoms with Crippen LogP contribution in [0.4, 0.5) is 4.79 Å². The molecule has 140 valence electrons. The molecule has 0 bridgehead atoms. The Hall–Kier alpha value is -2.09. The van der Waals surface area contributed by atoms with Crippen LogP contribution in [0.2, 0.25) is 0 Å². The highest BCUT2D eigenvalue weighted by Gasteiger charge is 2.43. The van der Waals surface area contributed by atoms with Crippen LogP contribution in [0.1, 0.15) is 37.7 Å². The zero-order valence-corrected chi connectivity index (χ0v) is 16.7. The van der Waals surface area contributed by atoms with Crippen LogP contribution >= 0.6 is 15.9 Å². The van der Waals surface area contributed by atoms with Crippen LogP contribution in [0.25, 0.3) is 5.65 Å². The number of hydrogen-bond donors (Lipinski definition) is 2. The summed E-state index contributed by atoms with van der Waals surface area (Å²) in [5.74, 6) is -0.160. The summed E-state index contributed by atoms with van der Waals surface area (Å²) in [7, 11) is 0. The molecule has 26 heavy (non-hydrogen) atoms. The van der Waals surface area contributed by atoms with Crippen molar-refractivity contribution < 1.29 is 14.7 Å². The summed E-state index contributed by atoms with van der Waals surface area (Å²) in [5.41, 5.74) is 0.854. The van der Waals surface area contributed by atoms with Gasteiger partial charge in [-0.2, -0.15) is 0 Å². The first kappa shape index (κ1) is 18.7. The number of amides is 2. The van der Waals surface area contributed by atoms with Gasteiger partial charge in [0, 0.05) is 36.0 Å². The molecule has 3 rings (SSSR count). The molecule has 0 radical (unpaired) electrons. The number of fused-ring (bicyclic) bond motifs is 1. The Bertz CT molecular complexity index is 843. The molecule has 1 fully saturated rings. The highest BCUT2D eigenvalue weighted by molar-refractivity contribution is 9.10. The lowest BCUT2D eigenvalue weighted by Crippen LogP contribution is -2.47. The Balaban J connectivity index is 1.70. The fourth-order valence-electron chi connectivity index (χ4n) is 3.85. The lowest BCUT2D eigenvalue weighted by atomic mass is 9.79. The number of carboxylic acid groups (broad SMARTS) is 1. The summed E-state index contributed by atoms with van der Waals surface area (Å²) in [6.45, 7) is 7.04. The number of carbonyl (C=O) groups is 2. The molecule has 2 aromatic rings. The van der Waals surface area contributed by atoms with Gasteiger partial charge in [-0.1, -0.05) is 20.8 Å². The first-order valence-corrected chi connectivity index (χ1v) is 9.38. The molecule has 2 aromatic heterocycles. The number of halogens is 1. The third kappa shape index (κ3) is 3.70. The van der Waals surface area contributed by atoms with Crippen LogP contribution in [-0.2, 0) is 0 Å². The van der Waals surface area contributed by atoms with Crippen LogP contribution in [-0.4, -0.2) is 50.5 Å². The van der Waals surface area contributed by atoms with Crippen LogP contribution in [0, 0.1) is 11.3 Å². The second-order valence-corrected chi connectivity index (χ2v) is 8.70. The Morgan fingerprint density at radius 3 is 2.73 bits per heavy atom. The van der Waals surface area contributed by atoms with E-state index in [2.05, 4.69) is 26.2 Å². The van der Waals surface area contributed by atoms with Crippen molar-refractivity contribution in [2.24, 2.45) is 11.3 Å². The monoisotopic (exact) mass is 422 g/mol. The lowest BCUT2D eigenvalue weighted by Gasteiger charge is -2.37. The van der Waals surface area contributed by atoms with Crippen molar-refractivity contribution in [3.05, 3.63) is 34.7 Å². The largest absolute Gasteiger partial charge is 0.465 e. The normalized spacial score (nSPS) is 20.5. The summed E-state index contributed by atoms with van der Waals surface area (Å²) < 4.78 is 2.70. The quantitative estimate of drug-likeness (QED) is 0.794. The Kier molecular flexibility index (Phi) is 4.96. The van der Waals surface area contributed by atoms with Gasteiger partial charge < -0.3 is 19.7 Å². The van der Waals surface area contributed by atoms with Gasteiger partial charge in [-0.05, 0) is 45.8 Å². The molecule has 1 aliphatic heterocycles. The van der Waals surface area contributed by atoms with Gasteiger partial charge in [0.2, 0.25) is 0 Å². The van der Waals surface area contributed by atoms with E-state index in [4.69, 9.17) is 0 Å². The number of carbonyl (C=O) groups excluding carboxylic acids is 1. The molecule has 0 spiro atoms. The molecule has 2 N–H and O–H groups in total. The molecular weight excluding hydrogens is 400 g/mol. The molecule has 2 atom stereocenters. The van der Waals surface area contributed by atoms with Crippen LogP contribution in [0.15, 0.2) is 29.0 Å². The van der Waals surface area contributed by atoms with Gasteiger partial charge in [-0.15, -0.1) is 0 Å². The molecule has 0 saturated carbocycles. The van der Waals surface area contributed by atoms with E-state index in [0.29, 0.717) is 24.4 Å². The fraction of sp³-hybridized carbons (Fsp3) is 0.500. The summed E-state index contributed by atoms with van der Waals surface area (Å²) in [4.78, 5) is 29.8. The minimum absolute atomic E-state index is 0.0845. The Morgan fingerprint density at radius 2 is 2.08 bits per heavy atom. The summed E-state index contributed by atoms with van der Waals surface area (Å²) in [6.07, 6.45) is 3.38. The summed E-state index contributed by atoms with van der Waals surface area (Å²) in [6, 6.07) is 3.58. The number of hydrogen-bond acceptors (Lipinski definition) is 3. The van der Waals surface area contributed by atoms with Crippen molar-refractivity contribution in [2.75, 3.05) is 13.1 Å². The molecule has 1 aliphatic rings. The van der Waals surface area contributed by atoms with Crippen molar-refractivity contribution in [3.8, 4) is 0 Å². The van der Waals surface area contributed by atoms with Gasteiger partial charge in [-0.3, -0.25) is 4.79 Å². The maximum atomic E-state index is 12.5. The van der Waals surface area contributed by atoms with E-state index in [1.807, 2.05) is 39.1 Å². The lowest BCUT2D eigenvalue weighted by molar-refractivity contribution is 0.0855. The molecule has 2 amide bonds. The predicted molar refractivity (Wildman–Crippen MR) is 101 cm³/mol. The number of rotatable bonds is 3. The van der Waals surface area contributed by atoms with E-state index in [1.54, 1.807) is 10.6 Å². The fourth-order valence-corrected chi connectivity index (χ4v) is 4.20. The van der Waals surface area contributed by atoms with Gasteiger partial charge in [0.05, 0.1) is 0 Å². The average molecular weight is 423 g/mol. The highest BCUT2D eigenvalue weighted by atomic mass is 79.9. The van der Waals surface area contributed by atoms with Crippen molar-refractivity contribution in [1.82, 2.24) is 19.6 Å². The van der Waals surface area contributed by atoms with E-state index in [-0.39, 0.29) is 23.3 Å². The first-order valence-electron chi connectivity index (χ1n) is 8.59. The minimum atomic E-state index is -0.898. The highest BCUT2D eigenvalue weighted by Crippen LogP contribution is 2.36. The second kappa shape index (κ2) is 6.90. The van der Waals surface area contributed by atoms with E-state index in [0.717, 1.165) is 10.9 Å². The van der Waals surface area contributed by atoms with Crippen molar-refractivity contribution in [1.29, 1.82) is 0 Å². The van der Waals surface area contributed by atoms with Crippen LogP contribution in [0.5, 0.6) is 0 Å². The van der Waals surface area contributed by atoms with Crippen LogP contribution in [0.3, 0.4) is 0 Å². The summed E-state index contributed by atoms with van der Waals surface area (Å²) >= 11 is 3.39. The number of pyridine rings is 1. The van der Waals surface area contributed by atoms with E-state index in [1.165, 1.54) is 4.90 Å². The van der Waals surface area contributed by atoms with Crippen molar-refractivity contribution in [3.63, 3.8) is 0 Å². The predicted octanol–water partition coefficient (Wildman–Crippen LogP) is 3.24. The number of nitrogens with zero attached hydrogens (tertiary/aromatic N) is 3. The van der Waals surface area contributed by atoms with Gasteiger partial charge in [0.15, 0.2) is 0 Å². The molecular formula is C18H23BrN4O3. The maximum Gasteiger partial charge on any atom is 0.407 e. The third-order valence-corrected chi connectivity index (χ3v) is 5.30. The number of aromatic nitrogens is 2. The van der Waals surface area contributed by atoms with Gasteiger partial charge >= 0.3 is 6.09 Å². The first-order chi connectivity index (χ1) is 12.2. The minimum Gasteiger partial charge on any atom is -0.465 e. The molecule has 7 nitrogen and oxygen atoms in total. The van der Waals surface area contributed by atoms with Crippen LogP contribution < -0.4 is 5.32 Å². The summed E-state index contributed by atoms with van der Waals surface area (Å²) in [5, 5.41) is 12.4. The van der Waals surface area contributed by atoms with E-state index >= 15 is 0 Å². The van der Waals surface area contributed by atoms with E-state index < -0.39 is 6.09 Å². The Labute approximate surface area is 160 Å². The van der Waals surface area contributed by atoms with Gasteiger partial charge in [-0.25, -0.2) is 9.78 Å². The number of nitrogens with one attached hydrogen (secondary N) is 1. The van der Waals surface area contributed by atoms with Gasteiger partial charge in [0.1, 0.15) is 11.3 Å². The van der Waals surface area contributed by atoms with Crippen molar-refractivity contribution >= 4 is 33.6 Å². The van der Waals surface area contributed by atoms with Gasteiger partial charge in [0.25, 0.3) is 5.91 Å². The molecule has 0 aliphatic carbocycles. The maximum absolute atomic E-state index is 12.5. The SMILES string of the molecule is CC(C)(C)C1C(CNC(=O)c2cn3cc(Br)ccc3n2)CCN1C(=O)O. The molecule has 3 heterocycles. The molecule has 1 saturated heterocycles. The zero-order chi connectivity index (χ0) is 19.1. The van der Waals surface area contributed by atoms with E-state index in [9.17, 15) is 14.7 Å². The standard InChI is InChI=1S/C18H23BrN4O3/c1-18(2,3)15-11(6-7-23(15)17(25)26)8-20-16(24)13-10-22-9-12(19)4-5-14(22)21-13/h4-5,9-11,15H,6-8H2,1-3H3,(H,20,24)(H,25,26).